The Morgan fingerprint density at radius 1 is 0.886 bits per heavy atom. The number of nitrogens with one attached hydrogen (secondary N) is 1. The normalized spacial score (nSPS) is 21.7. The van der Waals surface area contributed by atoms with Crippen molar-refractivity contribution in [2.75, 3.05) is 33.4 Å². The van der Waals surface area contributed by atoms with Gasteiger partial charge in [-0.05, 0) is 66.3 Å². The molecule has 0 spiro atoms. The smallest absolute Gasteiger partial charge is 0.210 e. The molecule has 2 saturated heterocycles. The third kappa shape index (κ3) is 7.03. The largest absolute Gasteiger partial charge is 0.384 e. The molecule has 2 aliphatic rings. The van der Waals surface area contributed by atoms with E-state index in [2.05, 4.69) is 72.0 Å². The van der Waals surface area contributed by atoms with E-state index in [1.807, 2.05) is 23.1 Å². The Kier molecular flexibility index (Phi) is 9.50. The summed E-state index contributed by atoms with van der Waals surface area (Å²) in [5, 5.41) is 3.41. The van der Waals surface area contributed by atoms with E-state index in [9.17, 15) is 4.79 Å². The first-order valence-corrected chi connectivity index (χ1v) is 12.9. The number of amides is 1. The maximum atomic E-state index is 11.3. The number of methoxy groups -OCH3 is 1. The van der Waals surface area contributed by atoms with E-state index in [1.165, 1.54) is 28.7 Å². The van der Waals surface area contributed by atoms with Crippen LogP contribution in [0.1, 0.15) is 59.4 Å². The monoisotopic (exact) mass is 470 g/mol. The van der Waals surface area contributed by atoms with Crippen LogP contribution in [0.4, 0.5) is 0 Å². The van der Waals surface area contributed by atoms with Gasteiger partial charge in [0, 0.05) is 20.2 Å². The molecular formula is C31H38N2O2. The van der Waals surface area contributed by atoms with Crippen LogP contribution >= 0.6 is 0 Å². The third-order valence-electron chi connectivity index (χ3n) is 7.31. The standard InChI is InChI=1S/C18H19NO.C13H19NO/c20-14-19-12-11-17(15-7-3-1-4-8-15)13-18(19)16-9-5-2-6-10-16;1-15-8-6-11-3-2-4-12(9-11)13-5-7-14-10-13/h1-10,14,17-18H,11-13H2;2-4,9,13-14H,5-8,10H2,1H3. The first kappa shape index (κ1) is 25.2. The number of piperidine rings is 1. The van der Waals surface area contributed by atoms with Crippen molar-refractivity contribution in [3.63, 3.8) is 0 Å². The van der Waals surface area contributed by atoms with Crippen LogP contribution in [-0.4, -0.2) is 44.7 Å². The zero-order valence-corrected chi connectivity index (χ0v) is 20.8. The van der Waals surface area contributed by atoms with Crippen molar-refractivity contribution in [3.05, 3.63) is 107 Å². The highest BCUT2D eigenvalue weighted by molar-refractivity contribution is 5.49. The summed E-state index contributed by atoms with van der Waals surface area (Å²) in [5.74, 6) is 1.25. The molecule has 2 aliphatic heterocycles. The Balaban J connectivity index is 0.000000172. The lowest BCUT2D eigenvalue weighted by molar-refractivity contribution is -0.121. The molecule has 184 valence electrons. The zero-order valence-electron chi connectivity index (χ0n) is 20.8. The number of carbonyl (C=O) groups excluding carboxylic acids is 1. The van der Waals surface area contributed by atoms with Crippen molar-refractivity contribution < 1.29 is 9.53 Å². The lowest BCUT2D eigenvalue weighted by atomic mass is 9.83. The molecule has 0 aliphatic carbocycles. The van der Waals surface area contributed by atoms with Crippen molar-refractivity contribution in [2.24, 2.45) is 0 Å². The highest BCUT2D eigenvalue weighted by atomic mass is 16.5. The molecule has 3 aromatic carbocycles. The first-order chi connectivity index (χ1) is 17.3. The Morgan fingerprint density at radius 3 is 2.26 bits per heavy atom. The van der Waals surface area contributed by atoms with Gasteiger partial charge in [-0.3, -0.25) is 4.79 Å². The van der Waals surface area contributed by atoms with Gasteiger partial charge in [-0.15, -0.1) is 0 Å². The van der Waals surface area contributed by atoms with Gasteiger partial charge < -0.3 is 15.0 Å². The minimum atomic E-state index is 0.202. The number of benzene rings is 3. The highest BCUT2D eigenvalue weighted by Crippen LogP contribution is 2.38. The number of ether oxygens (including phenoxy) is 1. The average molecular weight is 471 g/mol. The molecule has 5 rings (SSSR count). The van der Waals surface area contributed by atoms with Crippen molar-refractivity contribution in [2.45, 2.75) is 43.6 Å². The predicted octanol–water partition coefficient (Wildman–Crippen LogP) is 5.72. The maximum absolute atomic E-state index is 11.3. The summed E-state index contributed by atoms with van der Waals surface area (Å²) in [6.45, 7) is 3.94. The van der Waals surface area contributed by atoms with Gasteiger partial charge in [0.2, 0.25) is 6.41 Å². The molecule has 35 heavy (non-hydrogen) atoms. The van der Waals surface area contributed by atoms with Crippen molar-refractivity contribution >= 4 is 6.41 Å². The topological polar surface area (TPSA) is 41.6 Å². The van der Waals surface area contributed by atoms with E-state index >= 15 is 0 Å². The van der Waals surface area contributed by atoms with E-state index in [0.717, 1.165) is 51.9 Å². The first-order valence-electron chi connectivity index (χ1n) is 12.9. The molecule has 4 nitrogen and oxygen atoms in total. The minimum absolute atomic E-state index is 0.202. The molecule has 0 bridgehead atoms. The van der Waals surface area contributed by atoms with E-state index in [4.69, 9.17) is 4.74 Å². The predicted molar refractivity (Wildman–Crippen MR) is 143 cm³/mol. The zero-order chi connectivity index (χ0) is 24.3. The second-order valence-electron chi connectivity index (χ2n) is 9.58. The van der Waals surface area contributed by atoms with E-state index in [0.29, 0.717) is 11.8 Å². The van der Waals surface area contributed by atoms with Crippen LogP contribution in [0.25, 0.3) is 0 Å². The Hall–Kier alpha value is -2.95. The number of hydrogen-bond acceptors (Lipinski definition) is 3. The summed E-state index contributed by atoms with van der Waals surface area (Å²) in [4.78, 5) is 13.3. The second-order valence-corrected chi connectivity index (χ2v) is 9.58. The van der Waals surface area contributed by atoms with E-state index in [-0.39, 0.29) is 6.04 Å². The molecule has 3 unspecified atom stereocenters. The molecule has 1 N–H and O–H groups in total. The van der Waals surface area contributed by atoms with Crippen molar-refractivity contribution in [1.82, 2.24) is 10.2 Å². The second kappa shape index (κ2) is 13.2. The lowest BCUT2D eigenvalue weighted by Gasteiger charge is -2.37. The summed E-state index contributed by atoms with van der Waals surface area (Å²) in [5.41, 5.74) is 5.49. The van der Waals surface area contributed by atoms with Gasteiger partial charge in [0.25, 0.3) is 0 Å². The molecule has 1 amide bonds. The third-order valence-corrected chi connectivity index (χ3v) is 7.31. The van der Waals surface area contributed by atoms with Crippen LogP contribution in [0.5, 0.6) is 0 Å². The maximum Gasteiger partial charge on any atom is 0.210 e. The van der Waals surface area contributed by atoms with Crippen LogP contribution in [0.15, 0.2) is 84.9 Å². The number of likely N-dealkylation sites (tertiary alicyclic amines) is 1. The number of nitrogens with zero attached hydrogens (tertiary/aromatic N) is 1. The Labute approximate surface area is 210 Å². The van der Waals surface area contributed by atoms with Crippen molar-refractivity contribution in [3.8, 4) is 0 Å². The Morgan fingerprint density at radius 2 is 1.60 bits per heavy atom. The molecule has 2 fully saturated rings. The molecule has 4 heteroatoms. The average Bonchev–Trinajstić information content (AvgIpc) is 3.48. The van der Waals surface area contributed by atoms with Crippen LogP contribution in [0.2, 0.25) is 0 Å². The lowest BCUT2D eigenvalue weighted by Crippen LogP contribution is -2.35. The fourth-order valence-electron chi connectivity index (χ4n) is 5.30. The molecule has 0 saturated carbocycles. The number of rotatable bonds is 7. The molecule has 3 aromatic rings. The fourth-order valence-corrected chi connectivity index (χ4v) is 5.30. The highest BCUT2D eigenvalue weighted by Gasteiger charge is 2.29. The van der Waals surface area contributed by atoms with Gasteiger partial charge in [0.15, 0.2) is 0 Å². The van der Waals surface area contributed by atoms with E-state index < -0.39 is 0 Å². The minimum Gasteiger partial charge on any atom is -0.384 e. The Bertz CT molecular complexity index is 1020. The SMILES string of the molecule is COCCc1cccc(C2CCNC2)c1.O=CN1CCC(c2ccccc2)CC1c1ccccc1. The summed E-state index contributed by atoms with van der Waals surface area (Å²) in [6.07, 6.45) is 5.34. The number of carbonyl (C=O) groups is 1. The number of hydrogen-bond donors (Lipinski definition) is 1. The summed E-state index contributed by atoms with van der Waals surface area (Å²) in [7, 11) is 1.75. The van der Waals surface area contributed by atoms with Gasteiger partial charge in [-0.25, -0.2) is 0 Å². The summed E-state index contributed by atoms with van der Waals surface area (Å²) >= 11 is 0. The quantitative estimate of drug-likeness (QED) is 0.449. The van der Waals surface area contributed by atoms with Gasteiger partial charge in [0.05, 0.1) is 12.6 Å². The van der Waals surface area contributed by atoms with Crippen molar-refractivity contribution in [1.29, 1.82) is 0 Å². The molecule has 3 atom stereocenters. The van der Waals surface area contributed by atoms with Crippen LogP contribution in [-0.2, 0) is 16.0 Å². The van der Waals surface area contributed by atoms with E-state index in [1.54, 1.807) is 7.11 Å². The molecular weight excluding hydrogens is 432 g/mol. The fraction of sp³-hybridized carbons (Fsp3) is 0.387. The van der Waals surface area contributed by atoms with Crippen LogP contribution < -0.4 is 5.32 Å². The molecule has 0 aromatic heterocycles. The molecule has 0 radical (unpaired) electrons. The van der Waals surface area contributed by atoms with Gasteiger partial charge in [-0.1, -0.05) is 84.9 Å². The van der Waals surface area contributed by atoms with Crippen LogP contribution in [0, 0.1) is 0 Å². The van der Waals surface area contributed by atoms with Gasteiger partial charge in [-0.2, -0.15) is 0 Å². The van der Waals surface area contributed by atoms with Gasteiger partial charge >= 0.3 is 0 Å². The molecule has 2 heterocycles. The van der Waals surface area contributed by atoms with Crippen LogP contribution in [0.3, 0.4) is 0 Å². The summed E-state index contributed by atoms with van der Waals surface area (Å²) < 4.78 is 5.10. The summed E-state index contributed by atoms with van der Waals surface area (Å²) in [6, 6.07) is 30.1. The van der Waals surface area contributed by atoms with Gasteiger partial charge in [0.1, 0.15) is 0 Å².